The molecule has 158 valence electrons. The number of carbonyl (C=O) groups excluding carboxylic acids is 1. The molecule has 5 rings (SSSR count). The number of piperidine rings is 1. The number of anilines is 1. The average Bonchev–Trinajstić information content (AvgIpc) is 3.26. The molecule has 1 aliphatic carbocycles. The number of benzene rings is 1. The third-order valence-electron chi connectivity index (χ3n) is 8.61. The van der Waals surface area contributed by atoms with Crippen LogP contribution in [0.4, 0.5) is 5.69 Å². The van der Waals surface area contributed by atoms with Crippen molar-refractivity contribution in [3.8, 4) is 11.5 Å². The van der Waals surface area contributed by atoms with Crippen LogP contribution in [0.3, 0.4) is 0 Å². The summed E-state index contributed by atoms with van der Waals surface area (Å²) in [4.78, 5) is 17.5. The van der Waals surface area contributed by atoms with Crippen molar-refractivity contribution in [1.82, 2.24) is 4.90 Å². The topological polar surface area (TPSA) is 62.2 Å². The lowest BCUT2D eigenvalue weighted by atomic mass is 9.51. The Bertz CT molecular complexity index is 858. The highest BCUT2D eigenvalue weighted by Crippen LogP contribution is 2.67. The summed E-state index contributed by atoms with van der Waals surface area (Å²) in [7, 11) is 3.29. The molecule has 29 heavy (non-hydrogen) atoms. The normalized spacial score (nSPS) is 37.7. The number of fused-ring (bicyclic) bond motifs is 1. The van der Waals surface area contributed by atoms with Gasteiger partial charge in [-0.25, -0.2) is 0 Å². The van der Waals surface area contributed by atoms with E-state index in [1.165, 1.54) is 5.56 Å². The fraction of sp³-hybridized carbons (Fsp3) is 0.696. The Labute approximate surface area is 172 Å². The van der Waals surface area contributed by atoms with Crippen molar-refractivity contribution < 1.29 is 19.4 Å². The van der Waals surface area contributed by atoms with Crippen LogP contribution in [0.1, 0.15) is 51.5 Å². The third-order valence-corrected chi connectivity index (χ3v) is 8.61. The van der Waals surface area contributed by atoms with E-state index in [4.69, 9.17) is 9.47 Å². The molecule has 0 aromatic heterocycles. The van der Waals surface area contributed by atoms with Gasteiger partial charge < -0.3 is 19.5 Å². The monoisotopic (exact) mass is 400 g/mol. The Morgan fingerprint density at radius 2 is 2.00 bits per heavy atom. The molecule has 6 heteroatoms. The first-order valence-electron chi connectivity index (χ1n) is 10.9. The molecule has 3 fully saturated rings. The van der Waals surface area contributed by atoms with Crippen LogP contribution in [0, 0.1) is 5.41 Å². The van der Waals surface area contributed by atoms with Crippen molar-refractivity contribution in [2.45, 2.75) is 69.6 Å². The molecule has 1 aromatic carbocycles. The Morgan fingerprint density at radius 1 is 1.21 bits per heavy atom. The van der Waals surface area contributed by atoms with E-state index in [1.807, 2.05) is 11.0 Å². The molecule has 1 N–H and O–H groups in total. The maximum absolute atomic E-state index is 12.9. The molecule has 1 amide bonds. The number of methoxy groups -OCH3 is 2. The van der Waals surface area contributed by atoms with Gasteiger partial charge in [-0.2, -0.15) is 0 Å². The minimum Gasteiger partial charge on any atom is -0.493 e. The largest absolute Gasteiger partial charge is 0.493 e. The summed E-state index contributed by atoms with van der Waals surface area (Å²) < 4.78 is 11.4. The van der Waals surface area contributed by atoms with E-state index < -0.39 is 0 Å². The summed E-state index contributed by atoms with van der Waals surface area (Å²) in [6.07, 6.45) is 4.42. The van der Waals surface area contributed by atoms with Crippen molar-refractivity contribution in [2.24, 2.45) is 5.41 Å². The second kappa shape index (κ2) is 6.35. The predicted octanol–water partition coefficient (Wildman–Crippen LogP) is 2.71. The van der Waals surface area contributed by atoms with E-state index in [9.17, 15) is 9.90 Å². The summed E-state index contributed by atoms with van der Waals surface area (Å²) in [6.45, 7) is 5.85. The van der Waals surface area contributed by atoms with Gasteiger partial charge in [-0.3, -0.25) is 9.69 Å². The van der Waals surface area contributed by atoms with Gasteiger partial charge in [0.25, 0.3) is 0 Å². The predicted molar refractivity (Wildman–Crippen MR) is 111 cm³/mol. The van der Waals surface area contributed by atoms with Gasteiger partial charge in [0.2, 0.25) is 5.91 Å². The van der Waals surface area contributed by atoms with Crippen LogP contribution in [0.25, 0.3) is 0 Å². The van der Waals surface area contributed by atoms with E-state index in [-0.39, 0.29) is 34.9 Å². The zero-order valence-corrected chi connectivity index (χ0v) is 17.9. The van der Waals surface area contributed by atoms with Gasteiger partial charge >= 0.3 is 0 Å². The first kappa shape index (κ1) is 19.2. The molecule has 1 saturated carbocycles. The highest BCUT2D eigenvalue weighted by molar-refractivity contribution is 5.99. The zero-order valence-electron chi connectivity index (χ0n) is 17.9. The zero-order chi connectivity index (χ0) is 20.6. The lowest BCUT2D eigenvalue weighted by molar-refractivity contribution is -0.125. The van der Waals surface area contributed by atoms with Gasteiger partial charge in [-0.15, -0.1) is 0 Å². The van der Waals surface area contributed by atoms with E-state index in [2.05, 4.69) is 17.9 Å². The van der Waals surface area contributed by atoms with Crippen LogP contribution in [0.5, 0.6) is 11.5 Å². The van der Waals surface area contributed by atoms with E-state index in [0.717, 1.165) is 50.9 Å². The first-order chi connectivity index (χ1) is 14.0. The SMILES string of the molecule is CCC12CCC3N(C(C)=O)c4c(ccc(OC)c4OC)C34CCN(CCC1O)C24. The third kappa shape index (κ3) is 2.12. The number of hydrogen-bond acceptors (Lipinski definition) is 5. The van der Waals surface area contributed by atoms with Gasteiger partial charge in [0, 0.05) is 36.4 Å². The number of rotatable bonds is 3. The van der Waals surface area contributed by atoms with Crippen molar-refractivity contribution in [1.29, 1.82) is 0 Å². The highest BCUT2D eigenvalue weighted by Gasteiger charge is 2.70. The lowest BCUT2D eigenvalue weighted by Gasteiger charge is -2.60. The van der Waals surface area contributed by atoms with Crippen LogP contribution in [0.15, 0.2) is 12.1 Å². The van der Waals surface area contributed by atoms with Crippen LogP contribution < -0.4 is 14.4 Å². The molecule has 3 aliphatic heterocycles. The van der Waals surface area contributed by atoms with Gasteiger partial charge in [0.15, 0.2) is 11.5 Å². The first-order valence-corrected chi connectivity index (χ1v) is 10.9. The van der Waals surface area contributed by atoms with Crippen molar-refractivity contribution in [3.05, 3.63) is 17.7 Å². The number of hydrogen-bond donors (Lipinski definition) is 1. The Hall–Kier alpha value is -1.79. The molecule has 2 saturated heterocycles. The maximum atomic E-state index is 12.9. The van der Waals surface area contributed by atoms with E-state index >= 15 is 0 Å². The number of aliphatic hydroxyl groups excluding tert-OH is 1. The summed E-state index contributed by atoms with van der Waals surface area (Å²) >= 11 is 0. The molecule has 0 radical (unpaired) electrons. The molecule has 0 bridgehead atoms. The molecule has 1 aromatic rings. The second-order valence-corrected chi connectivity index (χ2v) is 9.26. The molecule has 5 unspecified atom stereocenters. The minimum atomic E-state index is -0.278. The summed E-state index contributed by atoms with van der Waals surface area (Å²) in [5.74, 6) is 1.37. The van der Waals surface area contributed by atoms with E-state index in [1.54, 1.807) is 21.1 Å². The Morgan fingerprint density at radius 3 is 2.66 bits per heavy atom. The molecule has 3 heterocycles. The quantitative estimate of drug-likeness (QED) is 0.845. The molecule has 4 aliphatic rings. The van der Waals surface area contributed by atoms with Crippen LogP contribution in [-0.2, 0) is 10.2 Å². The van der Waals surface area contributed by atoms with Crippen molar-refractivity contribution in [3.63, 3.8) is 0 Å². The van der Waals surface area contributed by atoms with Crippen molar-refractivity contribution in [2.75, 3.05) is 32.2 Å². The Balaban J connectivity index is 1.79. The van der Waals surface area contributed by atoms with Crippen LogP contribution >= 0.6 is 0 Å². The molecular formula is C23H32N2O4. The fourth-order valence-corrected chi connectivity index (χ4v) is 7.60. The number of aliphatic hydroxyl groups is 1. The van der Waals surface area contributed by atoms with Gasteiger partial charge in [-0.05, 0) is 50.3 Å². The van der Waals surface area contributed by atoms with E-state index in [0.29, 0.717) is 11.5 Å². The van der Waals surface area contributed by atoms with Gasteiger partial charge in [-0.1, -0.05) is 13.0 Å². The highest BCUT2D eigenvalue weighted by atomic mass is 16.5. The number of ether oxygens (including phenoxy) is 2. The second-order valence-electron chi connectivity index (χ2n) is 9.26. The summed E-state index contributed by atoms with van der Waals surface area (Å²) in [5, 5.41) is 11.2. The summed E-state index contributed by atoms with van der Waals surface area (Å²) in [5.41, 5.74) is 1.83. The standard InChI is InChI=1S/C23H32N2O4/c1-5-22-10-8-17-23(11-13-24(21(22)23)12-9-18(22)27)15-6-7-16(28-3)20(29-4)19(15)25(17)14(2)26/h6-7,17-18,21,27H,5,8-13H2,1-4H3. The van der Waals surface area contributed by atoms with Gasteiger partial charge in [0.05, 0.1) is 26.0 Å². The molecule has 1 spiro atoms. The minimum absolute atomic E-state index is 0.0542. The average molecular weight is 401 g/mol. The molecular weight excluding hydrogens is 368 g/mol. The van der Waals surface area contributed by atoms with Crippen LogP contribution in [-0.4, -0.2) is 61.4 Å². The Kier molecular flexibility index (Phi) is 4.20. The number of carbonyl (C=O) groups is 1. The molecule has 6 nitrogen and oxygen atoms in total. The number of nitrogens with zero attached hydrogens (tertiary/aromatic N) is 2. The molecule has 5 atom stereocenters. The van der Waals surface area contributed by atoms with Crippen molar-refractivity contribution >= 4 is 11.6 Å². The number of amides is 1. The lowest BCUT2D eigenvalue weighted by Crippen LogP contribution is -2.68. The smallest absolute Gasteiger partial charge is 0.224 e. The fourth-order valence-electron chi connectivity index (χ4n) is 7.60. The maximum Gasteiger partial charge on any atom is 0.224 e. The van der Waals surface area contributed by atoms with Gasteiger partial charge in [0.1, 0.15) is 0 Å². The van der Waals surface area contributed by atoms with Crippen LogP contribution in [0.2, 0.25) is 0 Å². The summed E-state index contributed by atoms with van der Waals surface area (Å²) in [6, 6.07) is 4.50.